The molecule has 0 radical (unpaired) electrons. The monoisotopic (exact) mass is 293 g/mol. The highest BCUT2D eigenvalue weighted by molar-refractivity contribution is 5.69. The summed E-state index contributed by atoms with van der Waals surface area (Å²) in [5.74, 6) is 0.324. The molecule has 1 heterocycles. The molecular formula is C15H23N3O3. The first kappa shape index (κ1) is 15.8. The van der Waals surface area contributed by atoms with Crippen molar-refractivity contribution in [2.75, 3.05) is 13.1 Å². The molecule has 1 atom stereocenters. The van der Waals surface area contributed by atoms with Crippen molar-refractivity contribution in [3.8, 4) is 0 Å². The minimum atomic E-state index is -0.585. The Hall–Kier alpha value is -1.63. The Kier molecular flexibility index (Phi) is 4.51. The third-order valence-corrected chi connectivity index (χ3v) is 3.44. The number of hydroxylamine groups is 1. The van der Waals surface area contributed by atoms with Gasteiger partial charge in [0, 0.05) is 19.0 Å². The molecule has 1 aromatic carbocycles. The second-order valence-electron chi connectivity index (χ2n) is 6.36. The average Bonchev–Trinajstić information content (AvgIpc) is 2.34. The lowest BCUT2D eigenvalue weighted by molar-refractivity contribution is 0.00819. The molecule has 21 heavy (non-hydrogen) atoms. The Morgan fingerprint density at radius 1 is 1.38 bits per heavy atom. The largest absolute Gasteiger partial charge is 0.444 e. The number of nitrogens with one attached hydrogen (secondary N) is 1. The first-order valence-corrected chi connectivity index (χ1v) is 7.03. The number of benzene rings is 1. The van der Waals surface area contributed by atoms with Crippen molar-refractivity contribution >= 4 is 6.09 Å². The van der Waals surface area contributed by atoms with Gasteiger partial charge in [-0.25, -0.2) is 4.79 Å². The van der Waals surface area contributed by atoms with E-state index in [4.69, 9.17) is 15.7 Å². The van der Waals surface area contributed by atoms with E-state index in [-0.39, 0.29) is 6.09 Å². The van der Waals surface area contributed by atoms with Gasteiger partial charge in [-0.1, -0.05) is 24.3 Å². The maximum Gasteiger partial charge on any atom is 0.410 e. The number of carbonyl (C=O) groups excluding carboxylic acids is 1. The van der Waals surface area contributed by atoms with Crippen LogP contribution in [0.15, 0.2) is 24.3 Å². The smallest absolute Gasteiger partial charge is 0.410 e. The Balaban J connectivity index is 1.88. The van der Waals surface area contributed by atoms with E-state index in [0.29, 0.717) is 19.0 Å². The SMILES string of the molecule is CC(C)(C)OC(=O)N1CC(c2ccc(C(N)NO)cc2)C1. The summed E-state index contributed by atoms with van der Waals surface area (Å²) in [4.78, 5) is 13.6. The second kappa shape index (κ2) is 6.01. The lowest BCUT2D eigenvalue weighted by atomic mass is 9.91. The first-order chi connectivity index (χ1) is 9.80. The van der Waals surface area contributed by atoms with Crippen molar-refractivity contribution in [1.82, 2.24) is 10.4 Å². The van der Waals surface area contributed by atoms with Crippen LogP contribution in [0.5, 0.6) is 0 Å². The predicted molar refractivity (Wildman–Crippen MR) is 78.8 cm³/mol. The van der Waals surface area contributed by atoms with Gasteiger partial charge in [-0.15, -0.1) is 0 Å². The van der Waals surface area contributed by atoms with E-state index in [1.165, 1.54) is 0 Å². The highest BCUT2D eigenvalue weighted by Crippen LogP contribution is 2.28. The van der Waals surface area contributed by atoms with E-state index in [0.717, 1.165) is 11.1 Å². The molecule has 4 N–H and O–H groups in total. The third-order valence-electron chi connectivity index (χ3n) is 3.44. The van der Waals surface area contributed by atoms with Crippen molar-refractivity contribution in [3.05, 3.63) is 35.4 Å². The topological polar surface area (TPSA) is 87.8 Å². The van der Waals surface area contributed by atoms with Crippen LogP contribution in [-0.2, 0) is 4.74 Å². The molecule has 0 saturated carbocycles. The van der Waals surface area contributed by atoms with E-state index in [1.54, 1.807) is 4.90 Å². The summed E-state index contributed by atoms with van der Waals surface area (Å²) in [7, 11) is 0. The van der Waals surface area contributed by atoms with E-state index < -0.39 is 11.8 Å². The van der Waals surface area contributed by atoms with Crippen LogP contribution in [0.4, 0.5) is 4.79 Å². The van der Waals surface area contributed by atoms with Gasteiger partial charge in [0.2, 0.25) is 0 Å². The first-order valence-electron chi connectivity index (χ1n) is 7.03. The van der Waals surface area contributed by atoms with Crippen LogP contribution in [0.3, 0.4) is 0 Å². The van der Waals surface area contributed by atoms with Gasteiger partial charge < -0.3 is 20.6 Å². The maximum atomic E-state index is 11.9. The zero-order valence-electron chi connectivity index (χ0n) is 12.7. The molecule has 0 spiro atoms. The quantitative estimate of drug-likeness (QED) is 0.585. The van der Waals surface area contributed by atoms with Crippen molar-refractivity contribution in [2.24, 2.45) is 5.73 Å². The van der Waals surface area contributed by atoms with E-state index in [9.17, 15) is 4.79 Å². The lowest BCUT2D eigenvalue weighted by Crippen LogP contribution is -2.50. The highest BCUT2D eigenvalue weighted by Gasteiger charge is 2.34. The summed E-state index contributed by atoms with van der Waals surface area (Å²) in [5, 5.41) is 8.78. The summed E-state index contributed by atoms with van der Waals surface area (Å²) in [5.41, 5.74) is 9.17. The van der Waals surface area contributed by atoms with Gasteiger partial charge in [0.05, 0.1) is 0 Å². The number of nitrogens with zero attached hydrogens (tertiary/aromatic N) is 1. The number of likely N-dealkylation sites (tertiary alicyclic amines) is 1. The molecule has 6 heteroatoms. The molecule has 0 aliphatic carbocycles. The van der Waals surface area contributed by atoms with Gasteiger partial charge in [0.15, 0.2) is 0 Å². The van der Waals surface area contributed by atoms with Crippen molar-refractivity contribution in [3.63, 3.8) is 0 Å². The van der Waals surface area contributed by atoms with E-state index >= 15 is 0 Å². The fourth-order valence-corrected chi connectivity index (χ4v) is 2.22. The average molecular weight is 293 g/mol. The number of hydrogen-bond acceptors (Lipinski definition) is 5. The zero-order valence-corrected chi connectivity index (χ0v) is 12.7. The fraction of sp³-hybridized carbons (Fsp3) is 0.533. The van der Waals surface area contributed by atoms with Gasteiger partial charge in [0.1, 0.15) is 11.8 Å². The Morgan fingerprint density at radius 3 is 2.43 bits per heavy atom. The van der Waals surface area contributed by atoms with Crippen molar-refractivity contribution in [2.45, 2.75) is 38.5 Å². The molecule has 116 valence electrons. The summed E-state index contributed by atoms with van der Waals surface area (Å²) in [6.07, 6.45) is -0.847. The van der Waals surface area contributed by atoms with Gasteiger partial charge >= 0.3 is 6.09 Å². The molecule has 1 amide bonds. The molecule has 1 fully saturated rings. The Labute approximate surface area is 124 Å². The minimum absolute atomic E-state index is 0.262. The van der Waals surface area contributed by atoms with Gasteiger partial charge in [-0.05, 0) is 31.9 Å². The zero-order chi connectivity index (χ0) is 15.6. The summed E-state index contributed by atoms with van der Waals surface area (Å²) in [6.45, 7) is 6.91. The molecule has 2 rings (SSSR count). The van der Waals surface area contributed by atoms with Crippen LogP contribution in [0, 0.1) is 0 Å². The van der Waals surface area contributed by atoms with Crippen LogP contribution in [-0.4, -0.2) is 34.9 Å². The fourth-order valence-electron chi connectivity index (χ4n) is 2.22. The molecular weight excluding hydrogens is 270 g/mol. The Morgan fingerprint density at radius 2 is 1.95 bits per heavy atom. The van der Waals surface area contributed by atoms with Crippen molar-refractivity contribution in [1.29, 1.82) is 0 Å². The number of carbonyl (C=O) groups is 1. The number of nitrogens with two attached hydrogens (primary N) is 1. The Bertz CT molecular complexity index is 490. The molecule has 0 bridgehead atoms. The third kappa shape index (κ3) is 3.93. The number of hydrogen-bond donors (Lipinski definition) is 3. The normalized spacial score (nSPS) is 17.3. The van der Waals surface area contributed by atoms with E-state index in [2.05, 4.69) is 0 Å². The molecule has 1 aromatic rings. The van der Waals surface area contributed by atoms with Gasteiger partial charge in [0.25, 0.3) is 0 Å². The number of rotatable bonds is 3. The lowest BCUT2D eigenvalue weighted by Gasteiger charge is -2.40. The molecule has 1 aliphatic rings. The summed E-state index contributed by atoms with van der Waals surface area (Å²) < 4.78 is 5.33. The highest BCUT2D eigenvalue weighted by atomic mass is 16.6. The molecule has 1 saturated heterocycles. The number of amides is 1. The standard InChI is InChI=1S/C15H23N3O3/c1-15(2,3)21-14(19)18-8-12(9-18)10-4-6-11(7-5-10)13(16)17-20/h4-7,12-13,17,20H,8-9,16H2,1-3H3. The van der Waals surface area contributed by atoms with Crippen LogP contribution in [0.1, 0.15) is 44.0 Å². The van der Waals surface area contributed by atoms with Crippen LogP contribution >= 0.6 is 0 Å². The summed E-state index contributed by atoms with van der Waals surface area (Å²) >= 11 is 0. The summed E-state index contributed by atoms with van der Waals surface area (Å²) in [6, 6.07) is 7.70. The molecule has 1 aliphatic heterocycles. The van der Waals surface area contributed by atoms with Gasteiger partial charge in [-0.3, -0.25) is 0 Å². The van der Waals surface area contributed by atoms with Crippen molar-refractivity contribution < 1.29 is 14.7 Å². The predicted octanol–water partition coefficient (Wildman–Crippen LogP) is 1.96. The molecule has 6 nitrogen and oxygen atoms in total. The molecule has 1 unspecified atom stereocenters. The van der Waals surface area contributed by atoms with Crippen LogP contribution < -0.4 is 11.2 Å². The maximum absolute atomic E-state index is 11.9. The van der Waals surface area contributed by atoms with Crippen LogP contribution in [0.2, 0.25) is 0 Å². The van der Waals surface area contributed by atoms with Gasteiger partial charge in [-0.2, -0.15) is 5.48 Å². The van der Waals surface area contributed by atoms with E-state index in [1.807, 2.05) is 50.5 Å². The second-order valence-corrected chi connectivity index (χ2v) is 6.36. The minimum Gasteiger partial charge on any atom is -0.444 e. The van der Waals surface area contributed by atoms with Crippen LogP contribution in [0.25, 0.3) is 0 Å². The number of ether oxygens (including phenoxy) is 1. The molecule has 0 aromatic heterocycles.